The van der Waals surface area contributed by atoms with E-state index < -0.39 is 24.1 Å². The monoisotopic (exact) mass is 371 g/mol. The first kappa shape index (κ1) is 18.3. The predicted molar refractivity (Wildman–Crippen MR) is 99.2 cm³/mol. The molecule has 2 aliphatic heterocycles. The molecule has 4 atom stereocenters. The molecule has 2 aliphatic rings. The zero-order valence-corrected chi connectivity index (χ0v) is 15.4. The summed E-state index contributed by atoms with van der Waals surface area (Å²) in [7, 11) is 0. The minimum atomic E-state index is -0.816. The molecule has 2 aromatic carbocycles. The van der Waals surface area contributed by atoms with Crippen molar-refractivity contribution in [3.63, 3.8) is 0 Å². The lowest BCUT2D eigenvalue weighted by Gasteiger charge is -2.43. The van der Waals surface area contributed by atoms with Crippen molar-refractivity contribution in [3.8, 4) is 11.5 Å². The minimum absolute atomic E-state index is 0.00140. The Bertz CT molecular complexity index is 809. The maximum Gasteiger partial charge on any atom is 0.163 e. The number of aliphatic hydroxyl groups is 1. The Hall–Kier alpha value is -2.12. The predicted octanol–water partition coefficient (Wildman–Crippen LogP) is 2.54. The zero-order valence-electron chi connectivity index (χ0n) is 15.4. The number of aliphatic hydroxyl groups excluding tert-OH is 1. The van der Waals surface area contributed by atoms with Gasteiger partial charge in [0.1, 0.15) is 23.7 Å². The van der Waals surface area contributed by atoms with Gasteiger partial charge in [-0.2, -0.15) is 0 Å². The van der Waals surface area contributed by atoms with Crippen LogP contribution in [0.25, 0.3) is 0 Å². The number of likely N-dealkylation sites (tertiary alicyclic amines) is 1. The second-order valence-corrected chi connectivity index (χ2v) is 7.74. The molecule has 2 saturated heterocycles. The molecule has 0 spiro atoms. The number of hydrogen-bond acceptors (Lipinski definition) is 6. The second-order valence-electron chi connectivity index (χ2n) is 7.74. The fourth-order valence-corrected chi connectivity index (χ4v) is 4.16. The summed E-state index contributed by atoms with van der Waals surface area (Å²) < 4.78 is 12.1. The number of β-amino-alcohol motifs (C(OH)–C–C–N with tert-alkyl or cyclic N) is 1. The van der Waals surface area contributed by atoms with Gasteiger partial charge in [-0.3, -0.25) is 4.90 Å². The highest BCUT2D eigenvalue weighted by atomic mass is 16.8. The van der Waals surface area contributed by atoms with Crippen molar-refractivity contribution >= 4 is 0 Å². The van der Waals surface area contributed by atoms with Gasteiger partial charge in [-0.1, -0.05) is 30.3 Å². The third kappa shape index (κ3) is 3.53. The summed E-state index contributed by atoms with van der Waals surface area (Å²) in [6.07, 6.45) is -1.62. The largest absolute Gasteiger partial charge is 0.508 e. The Labute approximate surface area is 158 Å². The van der Waals surface area contributed by atoms with Crippen molar-refractivity contribution in [2.24, 2.45) is 0 Å². The van der Waals surface area contributed by atoms with E-state index in [4.69, 9.17) is 9.47 Å². The highest BCUT2D eigenvalue weighted by molar-refractivity contribution is 5.42. The highest BCUT2D eigenvalue weighted by Gasteiger charge is 2.54. The summed E-state index contributed by atoms with van der Waals surface area (Å²) in [5, 5.41) is 30.9. The lowest BCUT2D eigenvalue weighted by Crippen LogP contribution is -2.55. The van der Waals surface area contributed by atoms with Gasteiger partial charge in [0.15, 0.2) is 5.79 Å². The quantitative estimate of drug-likeness (QED) is 0.769. The molecule has 6 heteroatoms. The molecule has 4 rings (SSSR count). The van der Waals surface area contributed by atoms with Crippen molar-refractivity contribution in [2.45, 2.75) is 50.5 Å². The number of ether oxygens (including phenoxy) is 2. The molecular weight excluding hydrogens is 346 g/mol. The van der Waals surface area contributed by atoms with E-state index in [1.54, 1.807) is 12.1 Å². The van der Waals surface area contributed by atoms with Gasteiger partial charge in [-0.05, 0) is 31.5 Å². The smallest absolute Gasteiger partial charge is 0.163 e. The van der Waals surface area contributed by atoms with Crippen molar-refractivity contribution in [2.75, 3.05) is 6.54 Å². The Morgan fingerprint density at radius 1 is 1.04 bits per heavy atom. The van der Waals surface area contributed by atoms with Crippen molar-refractivity contribution < 1.29 is 24.8 Å². The van der Waals surface area contributed by atoms with Crippen LogP contribution in [0.3, 0.4) is 0 Å². The fourth-order valence-electron chi connectivity index (χ4n) is 4.16. The SMILES string of the molecule is CC1(C)O[C@@H]2[C@H](O1)[C@@H](O)CN(Cc1ccccc1)[C@H]2c1ccc(O)cc1O. The van der Waals surface area contributed by atoms with E-state index in [1.807, 2.05) is 44.2 Å². The van der Waals surface area contributed by atoms with Gasteiger partial charge in [0.2, 0.25) is 0 Å². The zero-order chi connectivity index (χ0) is 19.2. The van der Waals surface area contributed by atoms with E-state index in [9.17, 15) is 15.3 Å². The summed E-state index contributed by atoms with van der Waals surface area (Å²) in [5.41, 5.74) is 1.75. The van der Waals surface area contributed by atoms with Crippen LogP contribution in [0, 0.1) is 0 Å². The Kier molecular flexibility index (Phi) is 4.60. The van der Waals surface area contributed by atoms with Gasteiger partial charge >= 0.3 is 0 Å². The summed E-state index contributed by atoms with van der Waals surface area (Å²) in [6, 6.07) is 14.2. The molecule has 144 valence electrons. The molecule has 6 nitrogen and oxygen atoms in total. The van der Waals surface area contributed by atoms with Crippen LogP contribution >= 0.6 is 0 Å². The molecule has 27 heavy (non-hydrogen) atoms. The molecule has 0 amide bonds. The Morgan fingerprint density at radius 2 is 1.74 bits per heavy atom. The van der Waals surface area contributed by atoms with Crippen LogP contribution in [-0.4, -0.2) is 50.9 Å². The summed E-state index contributed by atoms with van der Waals surface area (Å²) in [6.45, 7) is 4.64. The molecule has 2 fully saturated rings. The fraction of sp³-hybridized carbons (Fsp3) is 0.429. The van der Waals surface area contributed by atoms with E-state index in [0.717, 1.165) is 5.56 Å². The second kappa shape index (κ2) is 6.80. The maximum atomic E-state index is 10.7. The van der Waals surface area contributed by atoms with Gasteiger partial charge in [-0.25, -0.2) is 0 Å². The van der Waals surface area contributed by atoms with Crippen LogP contribution in [0.15, 0.2) is 48.5 Å². The summed E-state index contributed by atoms with van der Waals surface area (Å²) >= 11 is 0. The highest BCUT2D eigenvalue weighted by Crippen LogP contribution is 2.45. The van der Waals surface area contributed by atoms with Gasteiger partial charge in [-0.15, -0.1) is 0 Å². The normalized spacial score (nSPS) is 30.2. The van der Waals surface area contributed by atoms with Crippen LogP contribution in [-0.2, 0) is 16.0 Å². The topological polar surface area (TPSA) is 82.4 Å². The first-order valence-electron chi connectivity index (χ1n) is 9.17. The van der Waals surface area contributed by atoms with Crippen LogP contribution in [0.1, 0.15) is 31.0 Å². The first-order valence-corrected chi connectivity index (χ1v) is 9.17. The molecule has 2 aromatic rings. The number of phenolic OH excluding ortho intramolecular Hbond substituents is 2. The number of hydrogen-bond donors (Lipinski definition) is 3. The Balaban J connectivity index is 1.74. The molecule has 0 aromatic heterocycles. The molecule has 3 N–H and O–H groups in total. The number of aromatic hydroxyl groups is 2. The Morgan fingerprint density at radius 3 is 2.44 bits per heavy atom. The van der Waals surface area contributed by atoms with Crippen LogP contribution in [0.4, 0.5) is 0 Å². The van der Waals surface area contributed by atoms with Crippen LogP contribution in [0.2, 0.25) is 0 Å². The average molecular weight is 371 g/mol. The maximum absolute atomic E-state index is 10.7. The molecular formula is C21H25NO5. The van der Waals surface area contributed by atoms with Crippen molar-refractivity contribution in [3.05, 3.63) is 59.7 Å². The standard InChI is InChI=1S/C21H25NO5/c1-21(2)26-19-17(25)12-22(11-13-6-4-3-5-7-13)18(20(19)27-21)15-9-8-14(23)10-16(15)24/h3-10,17-20,23-25H,11-12H2,1-2H3/t17-,18-,19+,20-/m0/s1. The molecule has 2 heterocycles. The molecule has 0 radical (unpaired) electrons. The van der Waals surface area contributed by atoms with E-state index in [2.05, 4.69) is 4.90 Å². The minimum Gasteiger partial charge on any atom is -0.508 e. The van der Waals surface area contributed by atoms with Crippen LogP contribution < -0.4 is 0 Å². The van der Waals surface area contributed by atoms with Crippen molar-refractivity contribution in [1.82, 2.24) is 4.90 Å². The molecule has 0 unspecified atom stereocenters. The van der Waals surface area contributed by atoms with Gasteiger partial charge < -0.3 is 24.8 Å². The number of benzene rings is 2. The van der Waals surface area contributed by atoms with Crippen LogP contribution in [0.5, 0.6) is 11.5 Å². The van der Waals surface area contributed by atoms with E-state index >= 15 is 0 Å². The lowest BCUT2D eigenvalue weighted by atomic mass is 9.88. The number of rotatable bonds is 3. The van der Waals surface area contributed by atoms with E-state index in [1.165, 1.54) is 6.07 Å². The molecule has 0 saturated carbocycles. The number of phenols is 2. The van der Waals surface area contributed by atoms with Crippen molar-refractivity contribution in [1.29, 1.82) is 0 Å². The first-order chi connectivity index (χ1) is 12.8. The number of fused-ring (bicyclic) bond motifs is 1. The number of nitrogens with zero attached hydrogens (tertiary/aromatic N) is 1. The summed E-state index contributed by atoms with van der Waals surface area (Å²) in [4.78, 5) is 2.10. The van der Waals surface area contributed by atoms with E-state index in [0.29, 0.717) is 18.7 Å². The third-order valence-electron chi connectivity index (χ3n) is 5.23. The van der Waals surface area contributed by atoms with Gasteiger partial charge in [0, 0.05) is 24.7 Å². The van der Waals surface area contributed by atoms with E-state index in [-0.39, 0.29) is 17.5 Å². The number of piperidine rings is 1. The lowest BCUT2D eigenvalue weighted by molar-refractivity contribution is -0.153. The molecule has 0 aliphatic carbocycles. The average Bonchev–Trinajstić information content (AvgIpc) is 2.93. The van der Waals surface area contributed by atoms with Gasteiger partial charge in [0.25, 0.3) is 0 Å². The van der Waals surface area contributed by atoms with Gasteiger partial charge in [0.05, 0.1) is 12.1 Å². The molecule has 0 bridgehead atoms. The summed E-state index contributed by atoms with van der Waals surface area (Å²) in [5.74, 6) is -0.812. The third-order valence-corrected chi connectivity index (χ3v) is 5.23.